The van der Waals surface area contributed by atoms with Crippen molar-refractivity contribution in [3.05, 3.63) is 21.9 Å². The van der Waals surface area contributed by atoms with Crippen LogP contribution < -0.4 is 5.32 Å². The minimum absolute atomic E-state index is 0.0129. The van der Waals surface area contributed by atoms with Gasteiger partial charge in [-0.25, -0.2) is 0 Å². The van der Waals surface area contributed by atoms with E-state index in [0.717, 1.165) is 19.4 Å². The topological polar surface area (TPSA) is 49.4 Å². The van der Waals surface area contributed by atoms with Crippen LogP contribution in [0.25, 0.3) is 0 Å². The zero-order chi connectivity index (χ0) is 14.0. The summed E-state index contributed by atoms with van der Waals surface area (Å²) in [5.74, 6) is -0.152. The first-order chi connectivity index (χ1) is 9.04. The fourth-order valence-electron chi connectivity index (χ4n) is 2.72. The van der Waals surface area contributed by atoms with Crippen molar-refractivity contribution in [3.8, 4) is 0 Å². The van der Waals surface area contributed by atoms with Crippen LogP contribution >= 0.6 is 11.3 Å². The standard InChI is InChI=1S/C14H20N2O2S/c1-4-12-11-6-8-19-13(11)5-7-16(12)14(18)9(2)15-10(3)17/h6,8-9,12H,4-5,7H2,1-3H3,(H,15,17). The van der Waals surface area contributed by atoms with Gasteiger partial charge in [-0.15, -0.1) is 11.3 Å². The fraction of sp³-hybridized carbons (Fsp3) is 0.571. The molecule has 2 atom stereocenters. The molecule has 0 radical (unpaired) electrons. The van der Waals surface area contributed by atoms with E-state index in [9.17, 15) is 9.59 Å². The molecule has 1 aromatic rings. The second-order valence-corrected chi connectivity index (χ2v) is 5.93. The summed E-state index contributed by atoms with van der Waals surface area (Å²) in [6.07, 6.45) is 1.82. The lowest BCUT2D eigenvalue weighted by molar-refractivity contribution is -0.138. The average Bonchev–Trinajstić information content (AvgIpc) is 2.83. The number of hydrogen-bond acceptors (Lipinski definition) is 3. The number of amides is 2. The number of thiophene rings is 1. The number of nitrogens with zero attached hydrogens (tertiary/aromatic N) is 1. The molecule has 2 heterocycles. The first-order valence-corrected chi connectivity index (χ1v) is 7.56. The van der Waals surface area contributed by atoms with Gasteiger partial charge in [-0.2, -0.15) is 0 Å². The van der Waals surface area contributed by atoms with Gasteiger partial charge in [0, 0.05) is 18.3 Å². The molecular weight excluding hydrogens is 260 g/mol. The van der Waals surface area contributed by atoms with Crippen LogP contribution in [0.1, 0.15) is 43.7 Å². The van der Waals surface area contributed by atoms with Crippen molar-refractivity contribution < 1.29 is 9.59 Å². The third-order valence-electron chi connectivity index (χ3n) is 3.55. The van der Waals surface area contributed by atoms with Crippen molar-refractivity contribution in [2.75, 3.05) is 6.54 Å². The molecule has 2 unspecified atom stereocenters. The highest BCUT2D eigenvalue weighted by atomic mass is 32.1. The van der Waals surface area contributed by atoms with Crippen LogP contribution in [0.2, 0.25) is 0 Å². The zero-order valence-electron chi connectivity index (χ0n) is 11.6. The van der Waals surface area contributed by atoms with Crippen molar-refractivity contribution in [1.82, 2.24) is 10.2 Å². The first kappa shape index (κ1) is 14.1. The molecule has 2 rings (SSSR count). The van der Waals surface area contributed by atoms with Crippen molar-refractivity contribution in [1.29, 1.82) is 0 Å². The molecule has 0 aromatic carbocycles. The highest BCUT2D eigenvalue weighted by Crippen LogP contribution is 2.35. The maximum absolute atomic E-state index is 12.4. The highest BCUT2D eigenvalue weighted by Gasteiger charge is 2.32. The first-order valence-electron chi connectivity index (χ1n) is 6.68. The van der Waals surface area contributed by atoms with E-state index in [-0.39, 0.29) is 17.9 Å². The Bertz CT molecular complexity index is 484. The maximum Gasteiger partial charge on any atom is 0.245 e. The lowest BCUT2D eigenvalue weighted by Crippen LogP contribution is -2.49. The van der Waals surface area contributed by atoms with Crippen LogP contribution in [0.3, 0.4) is 0 Å². The predicted molar refractivity (Wildman–Crippen MR) is 76.0 cm³/mol. The van der Waals surface area contributed by atoms with Gasteiger partial charge >= 0.3 is 0 Å². The van der Waals surface area contributed by atoms with E-state index in [4.69, 9.17) is 0 Å². The maximum atomic E-state index is 12.4. The van der Waals surface area contributed by atoms with Crippen LogP contribution in [0.4, 0.5) is 0 Å². The predicted octanol–water partition coefficient (Wildman–Crippen LogP) is 2.11. The Hall–Kier alpha value is -1.36. The van der Waals surface area contributed by atoms with Crippen molar-refractivity contribution in [2.24, 2.45) is 0 Å². The largest absolute Gasteiger partial charge is 0.345 e. The van der Waals surface area contributed by atoms with Crippen LogP contribution in [0.15, 0.2) is 11.4 Å². The third kappa shape index (κ3) is 2.81. The lowest BCUT2D eigenvalue weighted by atomic mass is 9.97. The van der Waals surface area contributed by atoms with E-state index in [1.54, 1.807) is 18.3 Å². The average molecular weight is 280 g/mol. The van der Waals surface area contributed by atoms with Crippen molar-refractivity contribution in [3.63, 3.8) is 0 Å². The molecule has 0 saturated heterocycles. The van der Waals surface area contributed by atoms with Crippen LogP contribution in [-0.2, 0) is 16.0 Å². The van der Waals surface area contributed by atoms with Gasteiger partial charge in [0.15, 0.2) is 0 Å². The molecule has 1 aliphatic rings. The number of carbonyl (C=O) groups excluding carboxylic acids is 2. The summed E-state index contributed by atoms with van der Waals surface area (Å²) >= 11 is 1.77. The van der Waals surface area contributed by atoms with E-state index in [1.807, 2.05) is 4.90 Å². The van der Waals surface area contributed by atoms with Crippen LogP contribution in [0.5, 0.6) is 0 Å². The van der Waals surface area contributed by atoms with Gasteiger partial charge in [-0.3, -0.25) is 9.59 Å². The normalized spacial score (nSPS) is 19.7. The van der Waals surface area contributed by atoms with Crippen molar-refractivity contribution >= 4 is 23.2 Å². The summed E-state index contributed by atoms with van der Waals surface area (Å²) in [4.78, 5) is 26.8. The molecule has 104 valence electrons. The van der Waals surface area contributed by atoms with E-state index < -0.39 is 6.04 Å². The Morgan fingerprint density at radius 3 is 2.95 bits per heavy atom. The number of rotatable bonds is 3. The summed E-state index contributed by atoms with van der Waals surface area (Å²) in [6.45, 7) is 6.03. The summed E-state index contributed by atoms with van der Waals surface area (Å²) in [6, 6.07) is 1.82. The molecule has 1 aromatic heterocycles. The molecule has 0 fully saturated rings. The Balaban J connectivity index is 2.17. The smallest absolute Gasteiger partial charge is 0.245 e. The molecule has 4 nitrogen and oxygen atoms in total. The third-order valence-corrected chi connectivity index (χ3v) is 4.55. The molecule has 2 amide bonds. The van der Waals surface area contributed by atoms with Crippen LogP contribution in [-0.4, -0.2) is 29.3 Å². The summed E-state index contributed by atoms with van der Waals surface area (Å²) in [5.41, 5.74) is 1.28. The second kappa shape index (κ2) is 5.74. The van der Waals surface area contributed by atoms with E-state index in [1.165, 1.54) is 17.4 Å². The lowest BCUT2D eigenvalue weighted by Gasteiger charge is -2.37. The van der Waals surface area contributed by atoms with Crippen molar-refractivity contribution in [2.45, 2.75) is 45.7 Å². The monoisotopic (exact) mass is 280 g/mol. The van der Waals surface area contributed by atoms with Gasteiger partial charge in [0.1, 0.15) is 6.04 Å². The van der Waals surface area contributed by atoms with Gasteiger partial charge in [-0.1, -0.05) is 6.92 Å². The molecule has 0 bridgehead atoms. The van der Waals surface area contributed by atoms with Gasteiger partial charge in [0.25, 0.3) is 0 Å². The highest BCUT2D eigenvalue weighted by molar-refractivity contribution is 7.10. The number of nitrogens with one attached hydrogen (secondary N) is 1. The van der Waals surface area contributed by atoms with E-state index in [0.29, 0.717) is 0 Å². The zero-order valence-corrected chi connectivity index (χ0v) is 12.4. The van der Waals surface area contributed by atoms with Gasteiger partial charge in [-0.05, 0) is 36.8 Å². The van der Waals surface area contributed by atoms with E-state index >= 15 is 0 Å². The molecule has 0 spiro atoms. The number of carbonyl (C=O) groups is 2. The van der Waals surface area contributed by atoms with E-state index in [2.05, 4.69) is 23.7 Å². The molecule has 0 saturated carbocycles. The van der Waals surface area contributed by atoms with Gasteiger partial charge in [0.05, 0.1) is 6.04 Å². The summed E-state index contributed by atoms with van der Waals surface area (Å²) < 4.78 is 0. The Morgan fingerprint density at radius 2 is 2.32 bits per heavy atom. The van der Waals surface area contributed by atoms with Gasteiger partial charge < -0.3 is 10.2 Å². The summed E-state index contributed by atoms with van der Waals surface area (Å²) in [5, 5.41) is 4.77. The minimum Gasteiger partial charge on any atom is -0.345 e. The van der Waals surface area contributed by atoms with Crippen LogP contribution in [0, 0.1) is 0 Å². The number of fused-ring (bicyclic) bond motifs is 1. The molecule has 19 heavy (non-hydrogen) atoms. The molecule has 5 heteroatoms. The minimum atomic E-state index is -0.452. The molecule has 1 aliphatic heterocycles. The molecular formula is C14H20N2O2S. The SMILES string of the molecule is CCC1c2ccsc2CCN1C(=O)C(C)NC(C)=O. The fourth-order valence-corrected chi connectivity index (χ4v) is 3.64. The quantitative estimate of drug-likeness (QED) is 0.922. The van der Waals surface area contributed by atoms with Gasteiger partial charge in [0.2, 0.25) is 11.8 Å². The molecule has 0 aliphatic carbocycles. The number of hydrogen-bond donors (Lipinski definition) is 1. The second-order valence-electron chi connectivity index (χ2n) is 4.93. The summed E-state index contributed by atoms with van der Waals surface area (Å²) in [7, 11) is 0. The molecule has 1 N–H and O–H groups in total. The Morgan fingerprint density at radius 1 is 1.58 bits per heavy atom. The Kier molecular flexibility index (Phi) is 4.24. The Labute approximate surface area is 117 Å².